The van der Waals surface area contributed by atoms with Gasteiger partial charge in [-0.05, 0) is 37.5 Å². The summed E-state index contributed by atoms with van der Waals surface area (Å²) >= 11 is 0. The first kappa shape index (κ1) is 17.6. The summed E-state index contributed by atoms with van der Waals surface area (Å²) in [4.78, 5) is 11.8. The lowest BCUT2D eigenvalue weighted by Crippen LogP contribution is -2.43. The fourth-order valence-corrected chi connectivity index (χ4v) is 2.49. The zero-order chi connectivity index (χ0) is 16.9. The first-order valence-electron chi connectivity index (χ1n) is 7.63. The molecule has 0 saturated carbocycles. The molecule has 0 spiro atoms. The smallest absolute Gasteiger partial charge is 0.381 e. The van der Waals surface area contributed by atoms with Crippen LogP contribution >= 0.6 is 0 Å². The molecule has 1 fully saturated rings. The number of nitrogens with one attached hydrogen (secondary N) is 2. The molecule has 0 aliphatic carbocycles. The number of carbonyl (C=O) groups excluding carboxylic acids is 1. The van der Waals surface area contributed by atoms with E-state index in [4.69, 9.17) is 4.74 Å². The third-order valence-electron chi connectivity index (χ3n) is 3.78. The van der Waals surface area contributed by atoms with Crippen molar-refractivity contribution in [2.75, 3.05) is 19.8 Å². The third kappa shape index (κ3) is 5.74. The largest absolute Gasteiger partial charge is 0.416 e. The highest BCUT2D eigenvalue weighted by atomic mass is 19.4. The van der Waals surface area contributed by atoms with Crippen LogP contribution in [0.3, 0.4) is 0 Å². The molecular formula is C16H21F3N2O2. The summed E-state index contributed by atoms with van der Waals surface area (Å²) in [5, 5.41) is 5.58. The summed E-state index contributed by atoms with van der Waals surface area (Å²) in [7, 11) is 0. The van der Waals surface area contributed by atoms with Gasteiger partial charge in [-0.3, -0.25) is 0 Å². The zero-order valence-electron chi connectivity index (χ0n) is 13.0. The van der Waals surface area contributed by atoms with Crippen molar-refractivity contribution >= 4 is 6.03 Å². The quantitative estimate of drug-likeness (QED) is 0.872. The van der Waals surface area contributed by atoms with Gasteiger partial charge >= 0.3 is 12.2 Å². The van der Waals surface area contributed by atoms with Gasteiger partial charge in [0, 0.05) is 25.1 Å². The van der Waals surface area contributed by atoms with Crippen LogP contribution in [-0.4, -0.2) is 31.8 Å². The Balaban J connectivity index is 1.75. The van der Waals surface area contributed by atoms with Crippen LogP contribution in [0.5, 0.6) is 0 Å². The molecule has 2 atom stereocenters. The lowest BCUT2D eigenvalue weighted by atomic mass is 10.1. The SMILES string of the molecule is CC(Cc1ccc(C(F)(F)F)cc1)NC(=O)NCC1CCOC1. The molecule has 2 unspecified atom stereocenters. The van der Waals surface area contributed by atoms with E-state index >= 15 is 0 Å². The van der Waals surface area contributed by atoms with Crippen LogP contribution in [0.25, 0.3) is 0 Å². The second kappa shape index (κ2) is 7.68. The van der Waals surface area contributed by atoms with E-state index in [0.717, 1.165) is 30.7 Å². The maximum Gasteiger partial charge on any atom is 0.416 e. The molecule has 1 aliphatic rings. The second-order valence-electron chi connectivity index (χ2n) is 5.88. The van der Waals surface area contributed by atoms with E-state index in [2.05, 4.69) is 10.6 Å². The Morgan fingerprint density at radius 2 is 2.04 bits per heavy atom. The van der Waals surface area contributed by atoms with E-state index in [1.54, 1.807) is 0 Å². The summed E-state index contributed by atoms with van der Waals surface area (Å²) in [6.07, 6.45) is -2.91. The van der Waals surface area contributed by atoms with Crippen molar-refractivity contribution in [1.82, 2.24) is 10.6 Å². The molecule has 2 amide bonds. The average molecular weight is 330 g/mol. The highest BCUT2D eigenvalue weighted by molar-refractivity contribution is 5.74. The number of benzene rings is 1. The molecule has 1 aliphatic heterocycles. The Kier molecular flexibility index (Phi) is 5.87. The van der Waals surface area contributed by atoms with Gasteiger partial charge < -0.3 is 15.4 Å². The number of ether oxygens (including phenoxy) is 1. The van der Waals surface area contributed by atoms with Crippen molar-refractivity contribution in [2.24, 2.45) is 5.92 Å². The third-order valence-corrected chi connectivity index (χ3v) is 3.78. The first-order chi connectivity index (χ1) is 10.8. The Morgan fingerprint density at radius 3 is 2.61 bits per heavy atom. The molecule has 7 heteroatoms. The van der Waals surface area contributed by atoms with Gasteiger partial charge in [0.15, 0.2) is 0 Å². The Labute approximate surface area is 133 Å². The summed E-state index contributed by atoms with van der Waals surface area (Å²) in [5.41, 5.74) is 0.0772. The van der Waals surface area contributed by atoms with Crippen molar-refractivity contribution < 1.29 is 22.7 Å². The van der Waals surface area contributed by atoms with E-state index in [1.165, 1.54) is 12.1 Å². The van der Waals surface area contributed by atoms with Crippen LogP contribution in [0.1, 0.15) is 24.5 Å². The van der Waals surface area contributed by atoms with Crippen molar-refractivity contribution in [2.45, 2.75) is 32.0 Å². The Morgan fingerprint density at radius 1 is 1.35 bits per heavy atom. The Hall–Kier alpha value is -1.76. The minimum Gasteiger partial charge on any atom is -0.381 e. The number of rotatable bonds is 5. The van der Waals surface area contributed by atoms with Gasteiger partial charge in [-0.15, -0.1) is 0 Å². The predicted octanol–water partition coefficient (Wildman–Crippen LogP) is 2.97. The van der Waals surface area contributed by atoms with Gasteiger partial charge in [-0.2, -0.15) is 13.2 Å². The van der Waals surface area contributed by atoms with Gasteiger partial charge in [0.2, 0.25) is 0 Å². The normalized spacial score (nSPS) is 19.4. The molecule has 128 valence electrons. The average Bonchev–Trinajstić information content (AvgIpc) is 2.98. The fourth-order valence-electron chi connectivity index (χ4n) is 2.49. The number of hydrogen-bond acceptors (Lipinski definition) is 2. The molecule has 1 aromatic rings. The molecule has 23 heavy (non-hydrogen) atoms. The molecule has 1 saturated heterocycles. The number of carbonyl (C=O) groups is 1. The monoisotopic (exact) mass is 330 g/mol. The molecule has 1 aromatic carbocycles. The minimum absolute atomic E-state index is 0.174. The van der Waals surface area contributed by atoms with Crippen LogP contribution in [0.2, 0.25) is 0 Å². The number of halogens is 3. The molecular weight excluding hydrogens is 309 g/mol. The minimum atomic E-state index is -4.33. The summed E-state index contributed by atoms with van der Waals surface area (Å²) in [6, 6.07) is 4.55. The lowest BCUT2D eigenvalue weighted by Gasteiger charge is -2.16. The van der Waals surface area contributed by atoms with E-state index in [-0.39, 0.29) is 12.1 Å². The summed E-state index contributed by atoms with van der Waals surface area (Å²) < 4.78 is 42.7. The van der Waals surface area contributed by atoms with Crippen LogP contribution in [0.15, 0.2) is 24.3 Å². The highest BCUT2D eigenvalue weighted by Gasteiger charge is 2.29. The van der Waals surface area contributed by atoms with Crippen LogP contribution < -0.4 is 10.6 Å². The molecule has 2 rings (SSSR count). The molecule has 4 nitrogen and oxygen atoms in total. The Bertz CT molecular complexity index is 511. The molecule has 1 heterocycles. The number of alkyl halides is 3. The van der Waals surface area contributed by atoms with Crippen molar-refractivity contribution in [3.63, 3.8) is 0 Å². The number of amides is 2. The maximum absolute atomic E-state index is 12.5. The van der Waals surface area contributed by atoms with Gasteiger partial charge in [0.05, 0.1) is 12.2 Å². The maximum atomic E-state index is 12.5. The van der Waals surface area contributed by atoms with Gasteiger partial charge in [0.25, 0.3) is 0 Å². The van der Waals surface area contributed by atoms with E-state index in [0.29, 0.717) is 25.5 Å². The van der Waals surface area contributed by atoms with Crippen molar-refractivity contribution in [1.29, 1.82) is 0 Å². The summed E-state index contributed by atoms with van der Waals surface area (Å²) in [5.74, 6) is 0.353. The lowest BCUT2D eigenvalue weighted by molar-refractivity contribution is -0.137. The number of urea groups is 1. The highest BCUT2D eigenvalue weighted by Crippen LogP contribution is 2.29. The van der Waals surface area contributed by atoms with Crippen LogP contribution in [-0.2, 0) is 17.3 Å². The van der Waals surface area contributed by atoms with Crippen LogP contribution in [0.4, 0.5) is 18.0 Å². The standard InChI is InChI=1S/C16H21F3N2O2/c1-11(21-15(22)20-9-13-6-7-23-10-13)8-12-2-4-14(5-3-12)16(17,18)19/h2-5,11,13H,6-10H2,1H3,(H2,20,21,22). The van der Waals surface area contributed by atoms with E-state index in [9.17, 15) is 18.0 Å². The predicted molar refractivity (Wildman–Crippen MR) is 80.1 cm³/mol. The van der Waals surface area contributed by atoms with E-state index < -0.39 is 11.7 Å². The topological polar surface area (TPSA) is 50.4 Å². The first-order valence-corrected chi connectivity index (χ1v) is 7.63. The van der Waals surface area contributed by atoms with Gasteiger partial charge in [0.1, 0.15) is 0 Å². The van der Waals surface area contributed by atoms with Crippen molar-refractivity contribution in [3.05, 3.63) is 35.4 Å². The molecule has 2 N–H and O–H groups in total. The second-order valence-corrected chi connectivity index (χ2v) is 5.88. The fraction of sp³-hybridized carbons (Fsp3) is 0.562. The van der Waals surface area contributed by atoms with Gasteiger partial charge in [-0.1, -0.05) is 12.1 Å². The van der Waals surface area contributed by atoms with Crippen molar-refractivity contribution in [3.8, 4) is 0 Å². The van der Waals surface area contributed by atoms with Crippen LogP contribution in [0, 0.1) is 5.92 Å². The molecule has 0 aromatic heterocycles. The summed E-state index contributed by atoms with van der Waals surface area (Å²) in [6.45, 7) is 3.79. The van der Waals surface area contributed by atoms with Gasteiger partial charge in [-0.25, -0.2) is 4.79 Å². The molecule has 0 bridgehead atoms. The van der Waals surface area contributed by atoms with E-state index in [1.807, 2.05) is 6.92 Å². The molecule has 0 radical (unpaired) electrons. The zero-order valence-corrected chi connectivity index (χ0v) is 13.0. The number of hydrogen-bond donors (Lipinski definition) is 2.